The average molecular weight is 525 g/mol. The van der Waals surface area contributed by atoms with Gasteiger partial charge in [-0.25, -0.2) is 9.37 Å². The highest BCUT2D eigenvalue weighted by Gasteiger charge is 2.13. The highest BCUT2D eigenvalue weighted by Crippen LogP contribution is 2.24. The maximum Gasteiger partial charge on any atom is 0.282 e. The fourth-order valence-electron chi connectivity index (χ4n) is 3.29. The Balaban J connectivity index is 1.74. The van der Waals surface area contributed by atoms with Crippen LogP contribution in [0, 0.1) is 15.9 Å². The summed E-state index contributed by atoms with van der Waals surface area (Å²) in [4.78, 5) is 28.4. The predicted octanol–water partition coefficient (Wildman–Crippen LogP) is 5.23. The Bertz CT molecular complexity index is 1470. The van der Waals surface area contributed by atoms with Crippen LogP contribution in [0.4, 0.5) is 10.1 Å². The van der Waals surface area contributed by atoms with E-state index in [0.717, 1.165) is 10.0 Å². The molecule has 10 heteroatoms. The topological polar surface area (TPSA) is 99.6 Å². The van der Waals surface area contributed by atoms with Gasteiger partial charge in [-0.3, -0.25) is 14.9 Å². The van der Waals surface area contributed by atoms with Gasteiger partial charge in [-0.15, -0.1) is 0 Å². The minimum absolute atomic E-state index is 0.116. The SMILES string of the molecule is CCc1nc2ccc(Br)cc2c(=O)n1N=Cc1cc([N+](=O)[O-])ccc1OCc1ccc(F)cc1. The Morgan fingerprint density at radius 1 is 1.18 bits per heavy atom. The predicted molar refractivity (Wildman–Crippen MR) is 130 cm³/mol. The van der Waals surface area contributed by atoms with E-state index < -0.39 is 4.92 Å². The molecule has 1 aromatic heterocycles. The zero-order valence-electron chi connectivity index (χ0n) is 17.9. The van der Waals surface area contributed by atoms with E-state index in [2.05, 4.69) is 26.0 Å². The van der Waals surface area contributed by atoms with Crippen molar-refractivity contribution in [1.82, 2.24) is 9.66 Å². The third-order valence-electron chi connectivity index (χ3n) is 5.02. The molecule has 4 aromatic rings. The van der Waals surface area contributed by atoms with Crippen molar-refractivity contribution in [3.8, 4) is 5.75 Å². The van der Waals surface area contributed by atoms with Crippen LogP contribution >= 0.6 is 15.9 Å². The quantitative estimate of drug-likeness (QED) is 0.187. The van der Waals surface area contributed by atoms with Gasteiger partial charge in [0.15, 0.2) is 0 Å². The van der Waals surface area contributed by atoms with E-state index in [-0.39, 0.29) is 23.7 Å². The molecule has 0 saturated heterocycles. The van der Waals surface area contributed by atoms with Crippen LogP contribution in [0.15, 0.2) is 75.0 Å². The van der Waals surface area contributed by atoms with E-state index in [1.807, 2.05) is 6.92 Å². The standard InChI is InChI=1S/C24H18BrFN4O4/c1-2-23-28-21-9-5-17(25)12-20(21)24(31)29(23)27-13-16-11-19(30(32)33)8-10-22(16)34-14-15-3-6-18(26)7-4-15/h3-13H,2,14H2,1H3. The first-order valence-corrected chi connectivity index (χ1v) is 11.1. The fraction of sp³-hybridized carbons (Fsp3) is 0.125. The lowest BCUT2D eigenvalue weighted by atomic mass is 10.2. The Hall–Kier alpha value is -3.92. The number of non-ortho nitro benzene ring substituents is 1. The van der Waals surface area contributed by atoms with E-state index in [0.29, 0.717) is 34.5 Å². The van der Waals surface area contributed by atoms with Crippen molar-refractivity contribution in [2.24, 2.45) is 5.10 Å². The Morgan fingerprint density at radius 3 is 2.65 bits per heavy atom. The molecule has 0 fully saturated rings. The van der Waals surface area contributed by atoms with E-state index in [9.17, 15) is 19.3 Å². The molecule has 8 nitrogen and oxygen atoms in total. The Kier molecular flexibility index (Phi) is 6.78. The maximum atomic E-state index is 13.2. The van der Waals surface area contributed by atoms with Gasteiger partial charge in [-0.2, -0.15) is 9.78 Å². The zero-order chi connectivity index (χ0) is 24.2. The second-order valence-corrected chi connectivity index (χ2v) is 8.21. The van der Waals surface area contributed by atoms with Crippen molar-refractivity contribution in [3.05, 3.63) is 108 Å². The number of rotatable bonds is 7. The summed E-state index contributed by atoms with van der Waals surface area (Å²) in [5.41, 5.74) is 1.06. The van der Waals surface area contributed by atoms with Crippen LogP contribution in [0.2, 0.25) is 0 Å². The summed E-state index contributed by atoms with van der Waals surface area (Å²) in [6.45, 7) is 1.97. The third kappa shape index (κ3) is 5.01. The number of aryl methyl sites for hydroxylation is 1. The number of ether oxygens (including phenoxy) is 1. The van der Waals surface area contributed by atoms with E-state index in [4.69, 9.17) is 4.74 Å². The fourth-order valence-corrected chi connectivity index (χ4v) is 3.65. The van der Waals surface area contributed by atoms with Gasteiger partial charge in [-0.1, -0.05) is 35.0 Å². The number of hydrogen-bond donors (Lipinski definition) is 0. The summed E-state index contributed by atoms with van der Waals surface area (Å²) in [5.74, 6) is 0.400. The van der Waals surface area contributed by atoms with Crippen molar-refractivity contribution in [2.75, 3.05) is 0 Å². The lowest BCUT2D eigenvalue weighted by molar-refractivity contribution is -0.384. The molecular weight excluding hydrogens is 507 g/mol. The molecule has 0 amide bonds. The highest BCUT2D eigenvalue weighted by molar-refractivity contribution is 9.10. The van der Waals surface area contributed by atoms with Crippen LogP contribution in [0.3, 0.4) is 0 Å². The average Bonchev–Trinajstić information content (AvgIpc) is 2.83. The van der Waals surface area contributed by atoms with Gasteiger partial charge in [0, 0.05) is 28.6 Å². The summed E-state index contributed by atoms with van der Waals surface area (Å²) in [7, 11) is 0. The number of nitrogens with zero attached hydrogens (tertiary/aromatic N) is 4. The van der Waals surface area contributed by atoms with Crippen molar-refractivity contribution in [1.29, 1.82) is 0 Å². The zero-order valence-corrected chi connectivity index (χ0v) is 19.5. The second kappa shape index (κ2) is 9.92. The summed E-state index contributed by atoms with van der Waals surface area (Å²) < 4.78 is 20.9. The largest absolute Gasteiger partial charge is 0.488 e. The van der Waals surface area contributed by atoms with Gasteiger partial charge < -0.3 is 4.74 Å². The molecule has 4 rings (SSSR count). The van der Waals surface area contributed by atoms with E-state index in [1.165, 1.54) is 41.2 Å². The number of benzene rings is 3. The third-order valence-corrected chi connectivity index (χ3v) is 5.51. The number of aromatic nitrogens is 2. The van der Waals surface area contributed by atoms with Crippen molar-refractivity contribution >= 4 is 38.7 Å². The van der Waals surface area contributed by atoms with Gasteiger partial charge in [0.1, 0.15) is 24.0 Å². The lowest BCUT2D eigenvalue weighted by Gasteiger charge is -2.10. The smallest absolute Gasteiger partial charge is 0.282 e. The number of hydrogen-bond acceptors (Lipinski definition) is 6. The number of nitro groups is 1. The van der Waals surface area contributed by atoms with Crippen molar-refractivity contribution in [3.63, 3.8) is 0 Å². The molecule has 0 aliphatic heterocycles. The molecule has 0 spiro atoms. The van der Waals surface area contributed by atoms with Crippen molar-refractivity contribution < 1.29 is 14.1 Å². The molecule has 0 unspecified atom stereocenters. The summed E-state index contributed by atoms with van der Waals surface area (Å²) in [6.07, 6.45) is 1.78. The Labute approximate surface area is 201 Å². The number of nitro benzene ring substituents is 1. The van der Waals surface area contributed by atoms with Crippen LogP contribution in [0.25, 0.3) is 10.9 Å². The molecule has 0 aliphatic rings. The first kappa shape index (κ1) is 23.2. The minimum atomic E-state index is -0.528. The van der Waals surface area contributed by atoms with Crippen LogP contribution < -0.4 is 10.3 Å². The molecule has 0 N–H and O–H groups in total. The number of fused-ring (bicyclic) bond motifs is 1. The molecule has 1 heterocycles. The monoisotopic (exact) mass is 524 g/mol. The first-order valence-electron chi connectivity index (χ1n) is 10.3. The summed E-state index contributed by atoms with van der Waals surface area (Å²) in [5, 5.41) is 16.0. The van der Waals surface area contributed by atoms with Crippen LogP contribution in [-0.4, -0.2) is 20.8 Å². The van der Waals surface area contributed by atoms with Gasteiger partial charge in [0.05, 0.1) is 22.0 Å². The highest BCUT2D eigenvalue weighted by atomic mass is 79.9. The maximum absolute atomic E-state index is 13.2. The van der Waals surface area contributed by atoms with Crippen LogP contribution in [0.1, 0.15) is 23.9 Å². The van der Waals surface area contributed by atoms with Crippen LogP contribution in [0.5, 0.6) is 5.75 Å². The molecule has 0 bridgehead atoms. The molecule has 0 aliphatic carbocycles. The minimum Gasteiger partial charge on any atom is -0.488 e. The van der Waals surface area contributed by atoms with Crippen molar-refractivity contribution in [2.45, 2.75) is 20.0 Å². The lowest BCUT2D eigenvalue weighted by Crippen LogP contribution is -2.22. The second-order valence-electron chi connectivity index (χ2n) is 7.30. The van der Waals surface area contributed by atoms with Gasteiger partial charge in [-0.05, 0) is 42.0 Å². The molecule has 0 atom stereocenters. The summed E-state index contributed by atoms with van der Waals surface area (Å²) in [6, 6.07) is 15.1. The molecule has 3 aromatic carbocycles. The molecule has 172 valence electrons. The Morgan fingerprint density at radius 2 is 1.94 bits per heavy atom. The van der Waals surface area contributed by atoms with Gasteiger partial charge in [0.2, 0.25) is 0 Å². The molecule has 0 radical (unpaired) electrons. The number of halogens is 2. The van der Waals surface area contributed by atoms with Gasteiger partial charge in [0.25, 0.3) is 11.2 Å². The first-order chi connectivity index (χ1) is 16.4. The molecule has 0 saturated carbocycles. The molecule has 34 heavy (non-hydrogen) atoms. The molecular formula is C24H18BrFN4O4. The normalized spacial score (nSPS) is 11.3. The van der Waals surface area contributed by atoms with Crippen LogP contribution in [-0.2, 0) is 13.0 Å². The van der Waals surface area contributed by atoms with Gasteiger partial charge >= 0.3 is 0 Å². The summed E-state index contributed by atoms with van der Waals surface area (Å²) >= 11 is 3.36. The van der Waals surface area contributed by atoms with E-state index >= 15 is 0 Å². The van der Waals surface area contributed by atoms with E-state index in [1.54, 1.807) is 30.3 Å².